The second kappa shape index (κ2) is 4.28. The number of rotatable bonds is 4. The van der Waals surface area contributed by atoms with Gasteiger partial charge in [-0.1, -0.05) is 23.7 Å². The van der Waals surface area contributed by atoms with Gasteiger partial charge in [-0.15, -0.1) is 0 Å². The molecule has 1 N–H and O–H groups in total. The highest BCUT2D eigenvalue weighted by atomic mass is 35.5. The largest absolute Gasteiger partial charge is 0.312 e. The molecule has 76 valence electrons. The molecule has 1 aromatic carbocycles. The van der Waals surface area contributed by atoms with Crippen molar-refractivity contribution in [2.75, 3.05) is 6.54 Å². The Morgan fingerprint density at radius 3 is 2.93 bits per heavy atom. The molecule has 1 nitrogen and oxygen atoms in total. The van der Waals surface area contributed by atoms with E-state index in [-0.39, 0.29) is 10.8 Å². The van der Waals surface area contributed by atoms with E-state index in [4.69, 9.17) is 11.6 Å². The molecule has 1 saturated carbocycles. The van der Waals surface area contributed by atoms with Gasteiger partial charge >= 0.3 is 0 Å². The fourth-order valence-electron chi connectivity index (χ4n) is 1.42. The minimum absolute atomic E-state index is 0.246. The third-order valence-electron chi connectivity index (χ3n) is 2.48. The molecule has 1 aliphatic rings. The molecule has 0 amide bonds. The highest BCUT2D eigenvalue weighted by molar-refractivity contribution is 6.31. The van der Waals surface area contributed by atoms with Crippen LogP contribution in [0.5, 0.6) is 0 Å². The van der Waals surface area contributed by atoms with Gasteiger partial charge in [-0.3, -0.25) is 0 Å². The molecule has 0 saturated heterocycles. The Kier molecular flexibility index (Phi) is 3.04. The van der Waals surface area contributed by atoms with E-state index >= 15 is 0 Å². The van der Waals surface area contributed by atoms with Crippen LogP contribution in [0.2, 0.25) is 5.02 Å². The lowest BCUT2D eigenvalue weighted by atomic mass is 10.2. The molecule has 0 heterocycles. The standard InChI is InChI=1S/C11H13ClFN/c12-11-9(2-1-3-10(11)13)7-14-6-8-4-5-8/h1-3,8,14H,4-7H2. The van der Waals surface area contributed by atoms with Crippen molar-refractivity contribution in [3.63, 3.8) is 0 Å². The van der Waals surface area contributed by atoms with Crippen LogP contribution in [-0.4, -0.2) is 6.54 Å². The van der Waals surface area contributed by atoms with Crippen molar-refractivity contribution in [3.05, 3.63) is 34.6 Å². The summed E-state index contributed by atoms with van der Waals surface area (Å²) < 4.78 is 13.0. The van der Waals surface area contributed by atoms with Crippen LogP contribution >= 0.6 is 11.6 Å². The lowest BCUT2D eigenvalue weighted by molar-refractivity contribution is 0.613. The fourth-order valence-corrected chi connectivity index (χ4v) is 1.61. The monoisotopic (exact) mass is 213 g/mol. The smallest absolute Gasteiger partial charge is 0.142 e. The Morgan fingerprint density at radius 2 is 2.21 bits per heavy atom. The third kappa shape index (κ3) is 2.46. The van der Waals surface area contributed by atoms with Gasteiger partial charge in [-0.25, -0.2) is 4.39 Å². The molecule has 0 atom stereocenters. The zero-order chi connectivity index (χ0) is 9.97. The van der Waals surface area contributed by atoms with Crippen molar-refractivity contribution >= 4 is 11.6 Å². The number of hydrogen-bond acceptors (Lipinski definition) is 1. The molecule has 0 aliphatic heterocycles. The Labute approximate surface area is 88.3 Å². The molecule has 3 heteroatoms. The van der Waals surface area contributed by atoms with E-state index in [2.05, 4.69) is 5.32 Å². The van der Waals surface area contributed by atoms with Gasteiger partial charge in [0.25, 0.3) is 0 Å². The van der Waals surface area contributed by atoms with Crippen LogP contribution in [0.25, 0.3) is 0 Å². The van der Waals surface area contributed by atoms with Gasteiger partial charge in [0, 0.05) is 6.54 Å². The van der Waals surface area contributed by atoms with Gasteiger partial charge in [-0.2, -0.15) is 0 Å². The van der Waals surface area contributed by atoms with Gasteiger partial charge in [0.1, 0.15) is 5.82 Å². The molecule has 0 unspecified atom stereocenters. The number of benzene rings is 1. The number of halogens is 2. The Balaban J connectivity index is 1.90. The lowest BCUT2D eigenvalue weighted by Gasteiger charge is -2.06. The van der Waals surface area contributed by atoms with Crippen LogP contribution in [0.1, 0.15) is 18.4 Å². The average molecular weight is 214 g/mol. The first kappa shape index (κ1) is 9.94. The predicted octanol–water partition coefficient (Wildman–Crippen LogP) is 2.98. The van der Waals surface area contributed by atoms with Crippen LogP contribution < -0.4 is 5.32 Å². The number of nitrogens with one attached hydrogen (secondary N) is 1. The normalized spacial score (nSPS) is 15.9. The lowest BCUT2D eigenvalue weighted by Crippen LogP contribution is -2.16. The Morgan fingerprint density at radius 1 is 1.43 bits per heavy atom. The molecular weight excluding hydrogens is 201 g/mol. The van der Waals surface area contributed by atoms with Gasteiger partial charge in [0.05, 0.1) is 5.02 Å². The summed E-state index contributed by atoms with van der Waals surface area (Å²) in [6.45, 7) is 1.68. The molecule has 0 spiro atoms. The summed E-state index contributed by atoms with van der Waals surface area (Å²) in [6, 6.07) is 4.92. The SMILES string of the molecule is Fc1cccc(CNCC2CC2)c1Cl. The Hall–Kier alpha value is -0.600. The van der Waals surface area contributed by atoms with Crippen LogP contribution in [0.4, 0.5) is 4.39 Å². The summed E-state index contributed by atoms with van der Waals surface area (Å²) in [5, 5.41) is 3.53. The zero-order valence-electron chi connectivity index (χ0n) is 7.89. The third-order valence-corrected chi connectivity index (χ3v) is 2.90. The molecule has 0 bridgehead atoms. The van der Waals surface area contributed by atoms with Crippen LogP contribution in [-0.2, 0) is 6.54 Å². The summed E-state index contributed by atoms with van der Waals surface area (Å²) in [5.41, 5.74) is 0.840. The molecule has 1 aliphatic carbocycles. The molecule has 1 aromatic rings. The van der Waals surface area contributed by atoms with Gasteiger partial charge < -0.3 is 5.32 Å². The minimum Gasteiger partial charge on any atom is -0.312 e. The van der Waals surface area contributed by atoms with Crippen molar-refractivity contribution in [3.8, 4) is 0 Å². The summed E-state index contributed by atoms with van der Waals surface area (Å²) in [7, 11) is 0. The molecule has 1 fully saturated rings. The second-order valence-corrected chi connectivity index (χ2v) is 4.17. The van der Waals surface area contributed by atoms with Crippen molar-refractivity contribution in [2.24, 2.45) is 5.92 Å². The minimum atomic E-state index is -0.336. The first-order valence-electron chi connectivity index (χ1n) is 4.91. The molecule has 0 radical (unpaired) electrons. The van der Waals surface area contributed by atoms with E-state index in [1.807, 2.05) is 6.07 Å². The van der Waals surface area contributed by atoms with Crippen molar-refractivity contribution in [1.82, 2.24) is 5.32 Å². The first-order valence-corrected chi connectivity index (χ1v) is 5.29. The molecule has 2 rings (SSSR count). The maximum absolute atomic E-state index is 13.0. The highest BCUT2D eigenvalue weighted by Gasteiger charge is 2.20. The van der Waals surface area contributed by atoms with E-state index in [1.165, 1.54) is 18.9 Å². The molecular formula is C11H13ClFN. The predicted molar refractivity (Wildman–Crippen MR) is 55.8 cm³/mol. The first-order chi connectivity index (χ1) is 6.77. The van der Waals surface area contributed by atoms with E-state index in [1.54, 1.807) is 6.07 Å². The summed E-state index contributed by atoms with van der Waals surface area (Å²) in [5.74, 6) is 0.500. The Bertz CT molecular complexity index is 323. The maximum atomic E-state index is 13.0. The van der Waals surface area contributed by atoms with Crippen molar-refractivity contribution < 1.29 is 4.39 Å². The molecule has 0 aromatic heterocycles. The second-order valence-electron chi connectivity index (χ2n) is 3.79. The number of hydrogen-bond donors (Lipinski definition) is 1. The molecule has 14 heavy (non-hydrogen) atoms. The van der Waals surface area contributed by atoms with Gasteiger partial charge in [0.15, 0.2) is 0 Å². The van der Waals surface area contributed by atoms with Crippen LogP contribution in [0.3, 0.4) is 0 Å². The fraction of sp³-hybridized carbons (Fsp3) is 0.455. The average Bonchev–Trinajstić information content (AvgIpc) is 2.96. The summed E-state index contributed by atoms with van der Waals surface area (Å²) >= 11 is 5.81. The van der Waals surface area contributed by atoms with E-state index in [0.717, 1.165) is 18.0 Å². The maximum Gasteiger partial charge on any atom is 0.142 e. The van der Waals surface area contributed by atoms with E-state index < -0.39 is 0 Å². The topological polar surface area (TPSA) is 12.0 Å². The highest BCUT2D eigenvalue weighted by Crippen LogP contribution is 2.28. The zero-order valence-corrected chi connectivity index (χ0v) is 8.65. The van der Waals surface area contributed by atoms with Crippen molar-refractivity contribution in [1.29, 1.82) is 0 Å². The van der Waals surface area contributed by atoms with E-state index in [0.29, 0.717) is 6.54 Å². The van der Waals surface area contributed by atoms with Gasteiger partial charge in [-0.05, 0) is 36.9 Å². The van der Waals surface area contributed by atoms with Gasteiger partial charge in [0.2, 0.25) is 0 Å². The summed E-state index contributed by atoms with van der Waals surface area (Å²) in [6.07, 6.45) is 2.65. The summed E-state index contributed by atoms with van der Waals surface area (Å²) in [4.78, 5) is 0. The van der Waals surface area contributed by atoms with Crippen LogP contribution in [0.15, 0.2) is 18.2 Å². The quantitative estimate of drug-likeness (QED) is 0.811. The van der Waals surface area contributed by atoms with Crippen molar-refractivity contribution in [2.45, 2.75) is 19.4 Å². The van der Waals surface area contributed by atoms with E-state index in [9.17, 15) is 4.39 Å². The van der Waals surface area contributed by atoms with Crippen LogP contribution in [0, 0.1) is 11.7 Å².